The molecule has 19 heavy (non-hydrogen) atoms. The lowest BCUT2D eigenvalue weighted by Crippen LogP contribution is -2.35. The van der Waals surface area contributed by atoms with Crippen molar-refractivity contribution >= 4 is 6.29 Å². The summed E-state index contributed by atoms with van der Waals surface area (Å²) in [6.45, 7) is 3.26. The third-order valence-electron chi connectivity index (χ3n) is 4.93. The molecule has 0 aromatic heterocycles. The Kier molecular flexibility index (Phi) is 3.69. The Labute approximate surface area is 115 Å². The lowest BCUT2D eigenvalue weighted by molar-refractivity contribution is -0.116. The van der Waals surface area contributed by atoms with E-state index in [9.17, 15) is 4.79 Å². The monoisotopic (exact) mass is 257 g/mol. The van der Waals surface area contributed by atoms with Crippen molar-refractivity contribution in [2.45, 2.75) is 38.0 Å². The Morgan fingerprint density at radius 2 is 1.95 bits per heavy atom. The largest absolute Gasteiger partial charge is 0.303 e. The van der Waals surface area contributed by atoms with Crippen LogP contribution in [0, 0.1) is 5.41 Å². The smallest absolute Gasteiger partial charge is 0.127 e. The number of carbonyl (C=O) groups is 1. The minimum atomic E-state index is -0.0222. The maximum Gasteiger partial charge on any atom is 0.127 e. The molecule has 1 heterocycles. The van der Waals surface area contributed by atoms with Crippen LogP contribution >= 0.6 is 0 Å². The maximum atomic E-state index is 11.4. The highest BCUT2D eigenvalue weighted by molar-refractivity contribution is 5.60. The van der Waals surface area contributed by atoms with Gasteiger partial charge in [0.2, 0.25) is 0 Å². The maximum absolute atomic E-state index is 11.4. The van der Waals surface area contributed by atoms with Gasteiger partial charge in [0.1, 0.15) is 6.29 Å². The number of carbonyl (C=O) groups excluding carboxylic acids is 1. The topological polar surface area (TPSA) is 20.3 Å². The van der Waals surface area contributed by atoms with Gasteiger partial charge in [0.15, 0.2) is 0 Å². The molecule has 0 amide bonds. The number of nitrogens with zero attached hydrogens (tertiary/aromatic N) is 1. The number of likely N-dealkylation sites (tertiary alicyclic amines) is 1. The molecular weight excluding hydrogens is 234 g/mol. The summed E-state index contributed by atoms with van der Waals surface area (Å²) in [5.41, 5.74) is 1.43. The fourth-order valence-corrected chi connectivity index (χ4v) is 3.81. The van der Waals surface area contributed by atoms with Gasteiger partial charge in [-0.3, -0.25) is 0 Å². The molecule has 1 atom stereocenters. The van der Waals surface area contributed by atoms with Gasteiger partial charge in [0.05, 0.1) is 0 Å². The second-order valence-corrected chi connectivity index (χ2v) is 6.32. The second-order valence-electron chi connectivity index (χ2n) is 6.32. The molecule has 0 N–H and O–H groups in total. The molecule has 1 saturated carbocycles. The minimum absolute atomic E-state index is 0.0222. The van der Waals surface area contributed by atoms with Crippen molar-refractivity contribution in [2.24, 2.45) is 5.41 Å². The summed E-state index contributed by atoms with van der Waals surface area (Å²) in [5, 5.41) is 0. The standard InChI is InChI=1S/C17H23NO/c19-14-17(9-4-5-10-17)13-18-11-8-16(12-18)15-6-2-1-3-7-15/h1-3,6-7,14,16H,4-5,8-13H2. The van der Waals surface area contributed by atoms with Gasteiger partial charge in [-0.05, 0) is 37.3 Å². The Hall–Kier alpha value is -1.15. The van der Waals surface area contributed by atoms with Gasteiger partial charge in [-0.2, -0.15) is 0 Å². The normalized spacial score (nSPS) is 26.6. The zero-order valence-corrected chi connectivity index (χ0v) is 11.6. The van der Waals surface area contributed by atoms with Crippen LogP contribution in [0.5, 0.6) is 0 Å². The number of rotatable bonds is 4. The van der Waals surface area contributed by atoms with E-state index in [2.05, 4.69) is 35.2 Å². The highest BCUT2D eigenvalue weighted by Gasteiger charge is 2.37. The molecule has 2 nitrogen and oxygen atoms in total. The summed E-state index contributed by atoms with van der Waals surface area (Å²) in [5.74, 6) is 0.659. The SMILES string of the molecule is O=CC1(CN2CCC(c3ccccc3)C2)CCCC1. The molecule has 1 aromatic carbocycles. The predicted octanol–water partition coefficient (Wildman–Crippen LogP) is 3.24. The molecule has 3 rings (SSSR count). The van der Waals surface area contributed by atoms with Crippen molar-refractivity contribution in [3.05, 3.63) is 35.9 Å². The molecule has 1 aliphatic heterocycles. The molecule has 0 spiro atoms. The number of hydrogen-bond donors (Lipinski definition) is 0. The summed E-state index contributed by atoms with van der Waals surface area (Å²) in [6, 6.07) is 10.8. The third-order valence-corrected chi connectivity index (χ3v) is 4.93. The molecule has 0 radical (unpaired) electrons. The van der Waals surface area contributed by atoms with Crippen LogP contribution in [0.15, 0.2) is 30.3 Å². The van der Waals surface area contributed by atoms with E-state index in [0.717, 1.165) is 32.5 Å². The number of aldehydes is 1. The van der Waals surface area contributed by atoms with E-state index in [0.29, 0.717) is 5.92 Å². The van der Waals surface area contributed by atoms with Crippen LogP contribution in [0.25, 0.3) is 0 Å². The van der Waals surface area contributed by atoms with E-state index in [1.807, 2.05) is 0 Å². The molecular formula is C17H23NO. The van der Waals surface area contributed by atoms with E-state index in [-0.39, 0.29) is 5.41 Å². The molecule has 0 bridgehead atoms. The van der Waals surface area contributed by atoms with E-state index < -0.39 is 0 Å². The Bertz CT molecular complexity index is 422. The van der Waals surface area contributed by atoms with E-state index in [1.54, 1.807) is 0 Å². The van der Waals surface area contributed by atoms with E-state index in [1.165, 1.54) is 31.1 Å². The summed E-state index contributed by atoms with van der Waals surface area (Å²) < 4.78 is 0. The molecule has 1 aliphatic carbocycles. The highest BCUT2D eigenvalue weighted by Crippen LogP contribution is 2.38. The van der Waals surface area contributed by atoms with Crippen molar-refractivity contribution in [1.82, 2.24) is 4.90 Å². The van der Waals surface area contributed by atoms with Crippen LogP contribution in [0.1, 0.15) is 43.6 Å². The summed E-state index contributed by atoms with van der Waals surface area (Å²) in [7, 11) is 0. The summed E-state index contributed by atoms with van der Waals surface area (Å²) in [4.78, 5) is 14.0. The minimum Gasteiger partial charge on any atom is -0.303 e. The highest BCUT2D eigenvalue weighted by atomic mass is 16.1. The number of hydrogen-bond acceptors (Lipinski definition) is 2. The van der Waals surface area contributed by atoms with Gasteiger partial charge in [-0.15, -0.1) is 0 Å². The van der Waals surface area contributed by atoms with Gasteiger partial charge < -0.3 is 9.69 Å². The average Bonchev–Trinajstić information content (AvgIpc) is 3.10. The number of benzene rings is 1. The third kappa shape index (κ3) is 2.74. The molecule has 1 unspecified atom stereocenters. The lowest BCUT2D eigenvalue weighted by Gasteiger charge is -2.28. The van der Waals surface area contributed by atoms with Gasteiger partial charge in [-0.25, -0.2) is 0 Å². The first kappa shape index (κ1) is 12.9. The van der Waals surface area contributed by atoms with Gasteiger partial charge in [0.25, 0.3) is 0 Å². The quantitative estimate of drug-likeness (QED) is 0.772. The molecule has 2 heteroatoms. The van der Waals surface area contributed by atoms with Crippen LogP contribution in [0.4, 0.5) is 0 Å². The summed E-state index contributed by atoms with van der Waals surface area (Å²) in [6.07, 6.45) is 7.14. The zero-order chi connectivity index (χ0) is 13.1. The van der Waals surface area contributed by atoms with Gasteiger partial charge in [-0.1, -0.05) is 43.2 Å². The fraction of sp³-hybridized carbons (Fsp3) is 0.588. The van der Waals surface area contributed by atoms with E-state index >= 15 is 0 Å². The van der Waals surface area contributed by atoms with E-state index in [4.69, 9.17) is 0 Å². The molecule has 2 aliphatic rings. The van der Waals surface area contributed by atoms with Crippen LogP contribution in [0.2, 0.25) is 0 Å². The van der Waals surface area contributed by atoms with Crippen molar-refractivity contribution < 1.29 is 4.79 Å². The second kappa shape index (κ2) is 5.46. The zero-order valence-electron chi connectivity index (χ0n) is 11.6. The fourth-order valence-electron chi connectivity index (χ4n) is 3.81. The van der Waals surface area contributed by atoms with Crippen LogP contribution in [-0.4, -0.2) is 30.8 Å². The van der Waals surface area contributed by atoms with Gasteiger partial charge >= 0.3 is 0 Å². The molecule has 1 saturated heterocycles. The van der Waals surface area contributed by atoms with Gasteiger partial charge in [0, 0.05) is 18.5 Å². The summed E-state index contributed by atoms with van der Waals surface area (Å²) >= 11 is 0. The van der Waals surface area contributed by atoms with Crippen LogP contribution < -0.4 is 0 Å². The molecule has 102 valence electrons. The molecule has 2 fully saturated rings. The molecule has 1 aromatic rings. The predicted molar refractivity (Wildman–Crippen MR) is 77.2 cm³/mol. The Morgan fingerprint density at radius 3 is 2.63 bits per heavy atom. The Morgan fingerprint density at radius 1 is 1.21 bits per heavy atom. The Balaban J connectivity index is 1.62. The van der Waals surface area contributed by atoms with Crippen molar-refractivity contribution in [2.75, 3.05) is 19.6 Å². The van der Waals surface area contributed by atoms with Crippen LogP contribution in [-0.2, 0) is 4.79 Å². The van der Waals surface area contributed by atoms with Crippen LogP contribution in [0.3, 0.4) is 0 Å². The average molecular weight is 257 g/mol. The van der Waals surface area contributed by atoms with Crippen molar-refractivity contribution in [3.63, 3.8) is 0 Å². The first-order valence-electron chi connectivity index (χ1n) is 7.55. The lowest BCUT2D eigenvalue weighted by atomic mass is 9.87. The van der Waals surface area contributed by atoms with Crippen molar-refractivity contribution in [3.8, 4) is 0 Å². The van der Waals surface area contributed by atoms with Crippen molar-refractivity contribution in [1.29, 1.82) is 0 Å². The first-order chi connectivity index (χ1) is 9.31. The first-order valence-corrected chi connectivity index (χ1v) is 7.55.